The molecule has 0 aliphatic rings. The van der Waals surface area contributed by atoms with Crippen LogP contribution in [0.5, 0.6) is 17.2 Å². The molecule has 0 aliphatic carbocycles. The standard InChI is InChI=1S/C25H24N6O4S/c1-14-6-5-8-29-24(14)30-20(32)7-9-36-25-17(13-27)21(16(12-26)23(28)31-25)15-10-18(33-2)22(35-4)19(11-15)34-3/h5-6,8,10-11H,7,9H2,1-4H3,(H2,28,31)(H,29,30,32). The molecule has 0 spiro atoms. The lowest BCUT2D eigenvalue weighted by Crippen LogP contribution is -2.14. The smallest absolute Gasteiger partial charge is 0.226 e. The van der Waals surface area contributed by atoms with Crippen molar-refractivity contribution in [2.75, 3.05) is 38.1 Å². The van der Waals surface area contributed by atoms with Crippen LogP contribution in [0.1, 0.15) is 23.1 Å². The molecule has 11 heteroatoms. The molecule has 10 nitrogen and oxygen atoms in total. The summed E-state index contributed by atoms with van der Waals surface area (Å²) in [6, 6.07) is 11.1. The van der Waals surface area contributed by atoms with Crippen LogP contribution < -0.4 is 25.3 Å². The van der Waals surface area contributed by atoms with E-state index in [2.05, 4.69) is 21.4 Å². The second-order valence-electron chi connectivity index (χ2n) is 7.38. The molecular formula is C25H24N6O4S. The number of carbonyl (C=O) groups excluding carboxylic acids is 1. The van der Waals surface area contributed by atoms with Crippen molar-refractivity contribution in [3.05, 3.63) is 47.2 Å². The number of rotatable bonds is 9. The van der Waals surface area contributed by atoms with E-state index in [1.54, 1.807) is 24.4 Å². The molecule has 2 heterocycles. The van der Waals surface area contributed by atoms with Crippen LogP contribution in [0.4, 0.5) is 11.6 Å². The van der Waals surface area contributed by atoms with Crippen molar-refractivity contribution >= 4 is 29.3 Å². The number of carbonyl (C=O) groups is 1. The zero-order valence-electron chi connectivity index (χ0n) is 20.2. The number of nitrogen functional groups attached to an aromatic ring is 1. The lowest BCUT2D eigenvalue weighted by Gasteiger charge is -2.17. The van der Waals surface area contributed by atoms with Gasteiger partial charge in [-0.3, -0.25) is 4.79 Å². The molecule has 0 saturated carbocycles. The van der Waals surface area contributed by atoms with Crippen LogP contribution in [0, 0.1) is 29.6 Å². The first kappa shape index (κ1) is 26.1. The summed E-state index contributed by atoms with van der Waals surface area (Å²) in [7, 11) is 4.42. The van der Waals surface area contributed by atoms with Gasteiger partial charge in [0.1, 0.15) is 34.4 Å². The number of aromatic nitrogens is 2. The fourth-order valence-electron chi connectivity index (χ4n) is 3.47. The maximum atomic E-state index is 12.4. The number of hydrogen-bond donors (Lipinski definition) is 2. The monoisotopic (exact) mass is 504 g/mol. The van der Waals surface area contributed by atoms with Crippen LogP contribution >= 0.6 is 11.8 Å². The van der Waals surface area contributed by atoms with E-state index in [1.165, 1.54) is 33.1 Å². The number of nitrogens with one attached hydrogen (secondary N) is 1. The second kappa shape index (κ2) is 11.8. The molecular weight excluding hydrogens is 480 g/mol. The zero-order chi connectivity index (χ0) is 26.2. The lowest BCUT2D eigenvalue weighted by atomic mass is 9.96. The van der Waals surface area contributed by atoms with E-state index in [-0.39, 0.29) is 29.3 Å². The predicted octanol–water partition coefficient (Wildman–Crippen LogP) is 3.92. The quantitative estimate of drug-likeness (QED) is 0.409. The van der Waals surface area contributed by atoms with Crippen LogP contribution in [0.2, 0.25) is 0 Å². The third kappa shape index (κ3) is 5.43. The van der Waals surface area contributed by atoms with Crippen molar-refractivity contribution in [2.45, 2.75) is 18.4 Å². The van der Waals surface area contributed by atoms with Crippen molar-refractivity contribution in [3.63, 3.8) is 0 Å². The third-order valence-electron chi connectivity index (χ3n) is 5.20. The first-order valence-corrected chi connectivity index (χ1v) is 11.6. The van der Waals surface area contributed by atoms with Crippen LogP contribution in [-0.4, -0.2) is 43.0 Å². The molecule has 36 heavy (non-hydrogen) atoms. The maximum absolute atomic E-state index is 12.4. The number of nitrogens with zero attached hydrogens (tertiary/aromatic N) is 4. The van der Waals surface area contributed by atoms with Crippen LogP contribution in [0.3, 0.4) is 0 Å². The predicted molar refractivity (Wildman–Crippen MR) is 136 cm³/mol. The highest BCUT2D eigenvalue weighted by Crippen LogP contribution is 2.44. The van der Waals surface area contributed by atoms with Gasteiger partial charge >= 0.3 is 0 Å². The Kier molecular flexibility index (Phi) is 8.55. The molecule has 1 amide bonds. The molecule has 3 N–H and O–H groups in total. The Morgan fingerprint density at radius 3 is 2.33 bits per heavy atom. The Bertz CT molecular complexity index is 1360. The molecule has 1 aromatic carbocycles. The Morgan fingerprint density at radius 2 is 1.78 bits per heavy atom. The van der Waals surface area contributed by atoms with E-state index in [4.69, 9.17) is 19.9 Å². The summed E-state index contributed by atoms with van der Waals surface area (Å²) in [6.45, 7) is 1.85. The van der Waals surface area contributed by atoms with Gasteiger partial charge in [-0.2, -0.15) is 10.5 Å². The number of thioether (sulfide) groups is 1. The topological polar surface area (TPSA) is 156 Å². The number of pyridine rings is 2. The minimum absolute atomic E-state index is 0.0312. The van der Waals surface area contributed by atoms with E-state index in [0.29, 0.717) is 45.0 Å². The first-order chi connectivity index (χ1) is 17.4. The number of nitrogens with two attached hydrogens (primary N) is 1. The molecule has 184 valence electrons. The molecule has 0 unspecified atom stereocenters. The number of amides is 1. The summed E-state index contributed by atoms with van der Waals surface area (Å²) in [6.07, 6.45) is 1.75. The molecule has 0 aliphatic heterocycles. The van der Waals surface area contributed by atoms with Gasteiger partial charge in [0.2, 0.25) is 11.7 Å². The van der Waals surface area contributed by atoms with E-state index in [1.807, 2.05) is 19.1 Å². The summed E-state index contributed by atoms with van der Waals surface area (Å²) in [5.41, 5.74) is 7.93. The number of hydrogen-bond acceptors (Lipinski definition) is 10. The second-order valence-corrected chi connectivity index (χ2v) is 8.46. The van der Waals surface area contributed by atoms with Crippen LogP contribution in [-0.2, 0) is 4.79 Å². The van der Waals surface area contributed by atoms with Crippen LogP contribution in [0.25, 0.3) is 11.1 Å². The van der Waals surface area contributed by atoms with Crippen molar-refractivity contribution in [1.82, 2.24) is 9.97 Å². The van der Waals surface area contributed by atoms with E-state index >= 15 is 0 Å². The minimum atomic E-state index is -0.228. The van der Waals surface area contributed by atoms with Gasteiger partial charge in [-0.25, -0.2) is 9.97 Å². The summed E-state index contributed by atoms with van der Waals surface area (Å²) in [5.74, 6) is 1.63. The lowest BCUT2D eigenvalue weighted by molar-refractivity contribution is -0.115. The van der Waals surface area contributed by atoms with Gasteiger partial charge < -0.3 is 25.3 Å². The summed E-state index contributed by atoms with van der Waals surface area (Å²) in [5, 5.41) is 22.9. The van der Waals surface area contributed by atoms with Gasteiger partial charge in [-0.05, 0) is 36.2 Å². The third-order valence-corrected chi connectivity index (χ3v) is 6.18. The van der Waals surface area contributed by atoms with Crippen molar-refractivity contribution in [1.29, 1.82) is 10.5 Å². The Balaban J connectivity index is 1.96. The zero-order valence-corrected chi connectivity index (χ0v) is 21.0. The summed E-state index contributed by atoms with van der Waals surface area (Å²) >= 11 is 1.19. The van der Waals surface area contributed by atoms with Gasteiger partial charge in [-0.1, -0.05) is 6.07 Å². The Morgan fingerprint density at radius 1 is 1.11 bits per heavy atom. The van der Waals surface area contributed by atoms with E-state index in [0.717, 1.165) is 5.56 Å². The molecule has 0 atom stereocenters. The number of aryl methyl sites for hydroxylation is 1. The summed E-state index contributed by atoms with van der Waals surface area (Å²) in [4.78, 5) is 20.8. The van der Waals surface area contributed by atoms with Crippen molar-refractivity contribution < 1.29 is 19.0 Å². The first-order valence-electron chi connectivity index (χ1n) is 10.7. The maximum Gasteiger partial charge on any atom is 0.226 e. The highest BCUT2D eigenvalue weighted by atomic mass is 32.2. The van der Waals surface area contributed by atoms with E-state index in [9.17, 15) is 15.3 Å². The normalized spacial score (nSPS) is 10.2. The highest BCUT2D eigenvalue weighted by Gasteiger charge is 2.23. The van der Waals surface area contributed by atoms with Gasteiger partial charge in [-0.15, -0.1) is 11.8 Å². The molecule has 0 radical (unpaired) electrons. The summed E-state index contributed by atoms with van der Waals surface area (Å²) < 4.78 is 16.2. The number of benzene rings is 1. The SMILES string of the molecule is COc1cc(-c2c(C#N)c(N)nc(SCCC(=O)Nc3ncccc3C)c2C#N)cc(OC)c1OC. The van der Waals surface area contributed by atoms with Gasteiger partial charge in [0.05, 0.1) is 26.9 Å². The number of nitriles is 2. The number of methoxy groups -OCH3 is 3. The average Bonchev–Trinajstić information content (AvgIpc) is 2.88. The van der Waals surface area contributed by atoms with Crippen LogP contribution in [0.15, 0.2) is 35.5 Å². The highest BCUT2D eigenvalue weighted by molar-refractivity contribution is 7.99. The largest absolute Gasteiger partial charge is 0.493 e. The molecule has 3 aromatic rings. The molecule has 0 bridgehead atoms. The Labute approximate surface area is 213 Å². The molecule has 0 saturated heterocycles. The minimum Gasteiger partial charge on any atom is -0.493 e. The fourth-order valence-corrected chi connectivity index (χ4v) is 4.40. The fraction of sp³-hybridized carbons (Fsp3) is 0.240. The molecule has 3 rings (SSSR count). The molecule has 2 aromatic heterocycles. The molecule has 0 fully saturated rings. The number of ether oxygens (including phenoxy) is 3. The number of anilines is 2. The van der Waals surface area contributed by atoms with Crippen molar-refractivity contribution in [2.24, 2.45) is 0 Å². The Hall–Kier alpha value is -4.48. The van der Waals surface area contributed by atoms with Gasteiger partial charge in [0.25, 0.3) is 0 Å². The average molecular weight is 505 g/mol. The van der Waals surface area contributed by atoms with Crippen molar-refractivity contribution in [3.8, 4) is 40.5 Å². The van der Waals surface area contributed by atoms with E-state index < -0.39 is 0 Å². The van der Waals surface area contributed by atoms with Gasteiger partial charge in [0.15, 0.2) is 11.5 Å². The van der Waals surface area contributed by atoms with Gasteiger partial charge in [0, 0.05) is 23.9 Å².